The minimum Gasteiger partial charge on any atom is -0.383 e. The minimum atomic E-state index is 0.264. The fourth-order valence-electron chi connectivity index (χ4n) is 1.79. The number of aromatic nitrogens is 1. The maximum Gasteiger partial charge on any atom is 0.186 e. The molecule has 4 nitrogen and oxygen atoms in total. The Bertz CT molecular complexity index is 365. The van der Waals surface area contributed by atoms with Crippen molar-refractivity contribution in [1.82, 2.24) is 4.98 Å². The Balaban J connectivity index is 2.95. The molecular weight excluding hydrogens is 236 g/mol. The average Bonchev–Trinajstić information content (AvgIpc) is 2.73. The van der Waals surface area contributed by atoms with Gasteiger partial charge >= 0.3 is 0 Å². The molecule has 0 saturated carbocycles. The lowest BCUT2D eigenvalue weighted by Crippen LogP contribution is -2.36. The van der Waals surface area contributed by atoms with E-state index >= 15 is 0 Å². The van der Waals surface area contributed by atoms with Gasteiger partial charge in [0.05, 0.1) is 23.2 Å². The monoisotopic (exact) mass is 256 g/mol. The standard InChI is InChI=1S/C12H20N2O2S/c1-5-10-11(7-15)17-12(13-10)14(6-2)9(3)8-16-4/h7,9H,5-6,8H2,1-4H3. The maximum atomic E-state index is 10.9. The Morgan fingerprint density at radius 2 is 2.24 bits per heavy atom. The number of likely N-dealkylation sites (N-methyl/N-ethyl adjacent to an activating group) is 1. The van der Waals surface area contributed by atoms with Crippen LogP contribution in [0, 0.1) is 0 Å². The number of hydrogen-bond acceptors (Lipinski definition) is 5. The Labute approximate surface area is 107 Å². The van der Waals surface area contributed by atoms with Crippen molar-refractivity contribution in [2.24, 2.45) is 0 Å². The lowest BCUT2D eigenvalue weighted by atomic mass is 10.3. The second-order valence-corrected chi connectivity index (χ2v) is 4.88. The van der Waals surface area contributed by atoms with Gasteiger partial charge in [-0.2, -0.15) is 0 Å². The third-order valence-electron chi connectivity index (χ3n) is 2.68. The fraction of sp³-hybridized carbons (Fsp3) is 0.667. The molecule has 0 aliphatic rings. The van der Waals surface area contributed by atoms with E-state index in [1.165, 1.54) is 11.3 Å². The molecule has 96 valence electrons. The van der Waals surface area contributed by atoms with E-state index in [4.69, 9.17) is 4.74 Å². The summed E-state index contributed by atoms with van der Waals surface area (Å²) >= 11 is 1.46. The van der Waals surface area contributed by atoms with Crippen LogP contribution < -0.4 is 4.90 Å². The highest BCUT2D eigenvalue weighted by Crippen LogP contribution is 2.26. The highest BCUT2D eigenvalue weighted by molar-refractivity contribution is 7.17. The number of anilines is 1. The van der Waals surface area contributed by atoms with E-state index in [2.05, 4.69) is 23.7 Å². The third kappa shape index (κ3) is 3.26. The van der Waals surface area contributed by atoms with Gasteiger partial charge in [-0.05, 0) is 20.3 Å². The van der Waals surface area contributed by atoms with Crippen LogP contribution in [0.5, 0.6) is 0 Å². The molecule has 17 heavy (non-hydrogen) atoms. The number of thiazole rings is 1. The number of hydrogen-bond donors (Lipinski definition) is 0. The summed E-state index contributed by atoms with van der Waals surface area (Å²) in [5.74, 6) is 0. The summed E-state index contributed by atoms with van der Waals surface area (Å²) in [5, 5.41) is 0.913. The zero-order valence-electron chi connectivity index (χ0n) is 10.9. The van der Waals surface area contributed by atoms with Gasteiger partial charge in [0, 0.05) is 13.7 Å². The van der Waals surface area contributed by atoms with E-state index in [1.807, 2.05) is 6.92 Å². The van der Waals surface area contributed by atoms with Crippen LogP contribution in [0.1, 0.15) is 36.1 Å². The molecule has 0 aromatic carbocycles. The second-order valence-electron chi connectivity index (χ2n) is 3.87. The lowest BCUT2D eigenvalue weighted by molar-refractivity contribution is 0.112. The Morgan fingerprint density at radius 1 is 1.53 bits per heavy atom. The van der Waals surface area contributed by atoms with Crippen molar-refractivity contribution < 1.29 is 9.53 Å². The summed E-state index contributed by atoms with van der Waals surface area (Å²) in [7, 11) is 1.69. The summed E-state index contributed by atoms with van der Waals surface area (Å²) in [5.41, 5.74) is 0.892. The zero-order valence-corrected chi connectivity index (χ0v) is 11.7. The molecule has 0 aliphatic heterocycles. The van der Waals surface area contributed by atoms with Crippen LogP contribution in [-0.2, 0) is 11.2 Å². The summed E-state index contributed by atoms with van der Waals surface area (Å²) in [6.45, 7) is 7.71. The molecule has 1 unspecified atom stereocenters. The van der Waals surface area contributed by atoms with Crippen molar-refractivity contribution in [1.29, 1.82) is 0 Å². The van der Waals surface area contributed by atoms with Crippen LogP contribution >= 0.6 is 11.3 Å². The lowest BCUT2D eigenvalue weighted by Gasteiger charge is -2.26. The van der Waals surface area contributed by atoms with Crippen molar-refractivity contribution in [2.75, 3.05) is 25.2 Å². The van der Waals surface area contributed by atoms with E-state index in [0.29, 0.717) is 6.61 Å². The number of rotatable bonds is 7. The van der Waals surface area contributed by atoms with Crippen molar-refractivity contribution in [3.8, 4) is 0 Å². The summed E-state index contributed by atoms with van der Waals surface area (Å²) < 4.78 is 5.16. The third-order valence-corrected chi connectivity index (χ3v) is 3.74. The molecule has 0 aliphatic carbocycles. The summed E-state index contributed by atoms with van der Waals surface area (Å²) in [6.07, 6.45) is 1.69. The first-order valence-electron chi connectivity index (χ1n) is 5.88. The number of carbonyl (C=O) groups excluding carboxylic acids is 1. The number of methoxy groups -OCH3 is 1. The number of ether oxygens (including phenoxy) is 1. The SMILES string of the molecule is CCc1nc(N(CC)C(C)COC)sc1C=O. The molecule has 1 aromatic rings. The summed E-state index contributed by atoms with van der Waals surface area (Å²) in [6, 6.07) is 0.264. The van der Waals surface area contributed by atoms with E-state index < -0.39 is 0 Å². The molecule has 0 amide bonds. The van der Waals surface area contributed by atoms with Crippen LogP contribution in [-0.4, -0.2) is 37.6 Å². The van der Waals surface area contributed by atoms with Crippen LogP contribution in [0.15, 0.2) is 0 Å². The van der Waals surface area contributed by atoms with E-state index in [-0.39, 0.29) is 6.04 Å². The van der Waals surface area contributed by atoms with Gasteiger partial charge in [0.25, 0.3) is 0 Å². The van der Waals surface area contributed by atoms with Crippen molar-refractivity contribution >= 4 is 22.8 Å². The van der Waals surface area contributed by atoms with Gasteiger partial charge < -0.3 is 9.64 Å². The van der Waals surface area contributed by atoms with Gasteiger partial charge in [0.2, 0.25) is 0 Å². The molecule has 0 fully saturated rings. The van der Waals surface area contributed by atoms with Gasteiger partial charge in [-0.15, -0.1) is 0 Å². The first kappa shape index (κ1) is 14.1. The van der Waals surface area contributed by atoms with Gasteiger partial charge in [-0.1, -0.05) is 18.3 Å². The topological polar surface area (TPSA) is 42.4 Å². The molecule has 1 aromatic heterocycles. The van der Waals surface area contributed by atoms with Crippen LogP contribution in [0.3, 0.4) is 0 Å². The van der Waals surface area contributed by atoms with Gasteiger partial charge in [-0.25, -0.2) is 4.98 Å². The van der Waals surface area contributed by atoms with Crippen LogP contribution in [0.25, 0.3) is 0 Å². The Morgan fingerprint density at radius 3 is 2.65 bits per heavy atom. The minimum absolute atomic E-state index is 0.264. The molecule has 0 radical (unpaired) electrons. The van der Waals surface area contributed by atoms with Gasteiger partial charge in [0.15, 0.2) is 11.4 Å². The first-order chi connectivity index (χ1) is 8.17. The van der Waals surface area contributed by atoms with Gasteiger partial charge in [-0.3, -0.25) is 4.79 Å². The maximum absolute atomic E-state index is 10.9. The first-order valence-corrected chi connectivity index (χ1v) is 6.69. The molecule has 0 saturated heterocycles. The van der Waals surface area contributed by atoms with Crippen LogP contribution in [0.2, 0.25) is 0 Å². The molecule has 5 heteroatoms. The quantitative estimate of drug-likeness (QED) is 0.702. The van der Waals surface area contributed by atoms with E-state index in [1.54, 1.807) is 7.11 Å². The largest absolute Gasteiger partial charge is 0.383 e. The van der Waals surface area contributed by atoms with Crippen LogP contribution in [0.4, 0.5) is 5.13 Å². The van der Waals surface area contributed by atoms with E-state index in [0.717, 1.165) is 35.0 Å². The highest BCUT2D eigenvalue weighted by Gasteiger charge is 2.18. The van der Waals surface area contributed by atoms with Gasteiger partial charge in [0.1, 0.15) is 0 Å². The molecule has 1 heterocycles. The summed E-state index contributed by atoms with van der Waals surface area (Å²) in [4.78, 5) is 18.4. The fourth-order valence-corrected chi connectivity index (χ4v) is 2.92. The number of carbonyl (C=O) groups is 1. The number of aldehydes is 1. The highest BCUT2D eigenvalue weighted by atomic mass is 32.1. The van der Waals surface area contributed by atoms with Crippen molar-refractivity contribution in [3.63, 3.8) is 0 Å². The molecule has 0 N–H and O–H groups in total. The second kappa shape index (κ2) is 6.71. The molecule has 0 spiro atoms. The van der Waals surface area contributed by atoms with Crippen molar-refractivity contribution in [2.45, 2.75) is 33.2 Å². The smallest absolute Gasteiger partial charge is 0.186 e. The average molecular weight is 256 g/mol. The van der Waals surface area contributed by atoms with Crippen molar-refractivity contribution in [3.05, 3.63) is 10.6 Å². The molecule has 1 rings (SSSR count). The molecule has 1 atom stereocenters. The normalized spacial score (nSPS) is 12.5. The Hall–Kier alpha value is -0.940. The number of nitrogens with zero attached hydrogens (tertiary/aromatic N) is 2. The predicted octanol–water partition coefficient (Wildman–Crippen LogP) is 2.38. The molecular formula is C12H20N2O2S. The molecule has 0 bridgehead atoms. The van der Waals surface area contributed by atoms with E-state index in [9.17, 15) is 4.79 Å². The predicted molar refractivity (Wildman–Crippen MR) is 71.2 cm³/mol. The Kier molecular flexibility index (Phi) is 5.58. The zero-order chi connectivity index (χ0) is 12.8. The number of aryl methyl sites for hydroxylation is 1.